The molecule has 2 aliphatic rings. The van der Waals surface area contributed by atoms with Gasteiger partial charge >= 0.3 is 5.97 Å². The molecule has 80 valence electrons. The van der Waals surface area contributed by atoms with E-state index in [1.807, 2.05) is 0 Å². The molecule has 0 aromatic rings. The Bertz CT molecular complexity index is 219. The summed E-state index contributed by atoms with van der Waals surface area (Å²) in [6.45, 7) is 1.06. The molecule has 0 aliphatic heterocycles. The van der Waals surface area contributed by atoms with Gasteiger partial charge in [0.15, 0.2) is 0 Å². The summed E-state index contributed by atoms with van der Waals surface area (Å²) in [5.74, 6) is 0.759. The van der Waals surface area contributed by atoms with Gasteiger partial charge in [-0.25, -0.2) is 0 Å². The zero-order valence-electron chi connectivity index (χ0n) is 8.63. The van der Waals surface area contributed by atoms with Crippen LogP contribution in [0.4, 0.5) is 0 Å². The van der Waals surface area contributed by atoms with Gasteiger partial charge in [0.25, 0.3) is 0 Å². The Morgan fingerprint density at radius 3 is 2.57 bits per heavy atom. The van der Waals surface area contributed by atoms with E-state index in [2.05, 4.69) is 0 Å². The first-order chi connectivity index (χ1) is 6.77. The molecule has 3 nitrogen and oxygen atoms in total. The first kappa shape index (κ1) is 9.97. The summed E-state index contributed by atoms with van der Waals surface area (Å²) in [4.78, 5) is 11.5. The molecular weight excluding hydrogens is 178 g/mol. The van der Waals surface area contributed by atoms with Crippen LogP contribution in [0.5, 0.6) is 0 Å². The minimum atomic E-state index is -0.278. The van der Waals surface area contributed by atoms with Gasteiger partial charge in [-0.05, 0) is 25.2 Å². The molecule has 2 saturated carbocycles. The predicted octanol–water partition coefficient (Wildman–Crippen LogP) is 1.46. The van der Waals surface area contributed by atoms with Crippen molar-refractivity contribution in [1.82, 2.24) is 0 Å². The second-order valence-electron chi connectivity index (χ2n) is 4.71. The summed E-state index contributed by atoms with van der Waals surface area (Å²) in [5, 5.41) is 0. The van der Waals surface area contributed by atoms with Crippen LogP contribution in [0.1, 0.15) is 38.5 Å². The summed E-state index contributed by atoms with van der Waals surface area (Å²) < 4.78 is 5.25. The van der Waals surface area contributed by atoms with Crippen molar-refractivity contribution in [2.75, 3.05) is 13.2 Å². The number of rotatable bonds is 5. The highest BCUT2D eigenvalue weighted by Crippen LogP contribution is 2.45. The zero-order valence-corrected chi connectivity index (χ0v) is 8.63. The monoisotopic (exact) mass is 197 g/mol. The maximum absolute atomic E-state index is 11.5. The average molecular weight is 197 g/mol. The lowest BCUT2D eigenvalue weighted by molar-refractivity contribution is -0.150. The molecule has 0 aromatic heterocycles. The van der Waals surface area contributed by atoms with Gasteiger partial charge in [0, 0.05) is 6.54 Å². The summed E-state index contributed by atoms with van der Waals surface area (Å²) >= 11 is 0. The molecule has 0 amide bonds. The Balaban J connectivity index is 1.62. The Morgan fingerprint density at radius 2 is 2.14 bits per heavy atom. The number of hydrogen-bond donors (Lipinski definition) is 1. The normalized spacial score (nSPS) is 24.1. The van der Waals surface area contributed by atoms with Gasteiger partial charge in [0.05, 0.1) is 12.0 Å². The van der Waals surface area contributed by atoms with Crippen molar-refractivity contribution < 1.29 is 9.53 Å². The Hall–Kier alpha value is -0.570. The molecule has 0 heterocycles. The lowest BCUT2D eigenvalue weighted by atomic mass is 9.83. The lowest BCUT2D eigenvalue weighted by Crippen LogP contribution is -2.28. The van der Waals surface area contributed by atoms with Gasteiger partial charge in [-0.2, -0.15) is 0 Å². The van der Waals surface area contributed by atoms with E-state index in [0.29, 0.717) is 13.2 Å². The first-order valence-corrected chi connectivity index (χ1v) is 5.64. The van der Waals surface area contributed by atoms with E-state index in [1.54, 1.807) is 0 Å². The van der Waals surface area contributed by atoms with Gasteiger partial charge in [-0.3, -0.25) is 4.79 Å². The van der Waals surface area contributed by atoms with Gasteiger partial charge in [-0.15, -0.1) is 0 Å². The van der Waals surface area contributed by atoms with Crippen molar-refractivity contribution in [1.29, 1.82) is 0 Å². The van der Waals surface area contributed by atoms with Crippen LogP contribution in [0.3, 0.4) is 0 Å². The fraction of sp³-hybridized carbons (Fsp3) is 0.909. The highest BCUT2D eigenvalue weighted by Gasteiger charge is 2.50. The van der Waals surface area contributed by atoms with Crippen LogP contribution < -0.4 is 5.73 Å². The van der Waals surface area contributed by atoms with Crippen molar-refractivity contribution in [2.24, 2.45) is 17.1 Å². The van der Waals surface area contributed by atoms with E-state index in [0.717, 1.165) is 25.2 Å². The number of carbonyl (C=O) groups excluding carboxylic acids is 1. The Labute approximate surface area is 85.0 Å². The summed E-state index contributed by atoms with van der Waals surface area (Å²) in [6.07, 6.45) is 6.88. The van der Waals surface area contributed by atoms with E-state index in [9.17, 15) is 4.79 Å². The van der Waals surface area contributed by atoms with Gasteiger partial charge in [-0.1, -0.05) is 19.3 Å². The standard InChI is InChI=1S/C11H19NO2/c12-8-11(5-6-11)10(13)14-7-4-9-2-1-3-9/h9H,1-8,12H2. The maximum Gasteiger partial charge on any atom is 0.313 e. The molecule has 0 atom stereocenters. The Morgan fingerprint density at radius 1 is 1.43 bits per heavy atom. The van der Waals surface area contributed by atoms with Crippen molar-refractivity contribution in [3.63, 3.8) is 0 Å². The zero-order chi connectivity index (χ0) is 10.0. The quantitative estimate of drug-likeness (QED) is 0.679. The van der Waals surface area contributed by atoms with E-state index < -0.39 is 0 Å². The first-order valence-electron chi connectivity index (χ1n) is 5.64. The third-order valence-electron chi connectivity index (χ3n) is 3.66. The van der Waals surface area contributed by atoms with Gasteiger partial charge < -0.3 is 10.5 Å². The second kappa shape index (κ2) is 3.89. The average Bonchev–Trinajstić information content (AvgIpc) is 2.89. The number of esters is 1. The van der Waals surface area contributed by atoms with E-state index in [-0.39, 0.29) is 11.4 Å². The number of hydrogen-bond acceptors (Lipinski definition) is 3. The SMILES string of the molecule is NCC1(C(=O)OCCC2CCC2)CC1. The molecule has 3 heteroatoms. The smallest absolute Gasteiger partial charge is 0.313 e. The number of ether oxygens (including phenoxy) is 1. The van der Waals surface area contributed by atoms with Crippen LogP contribution in [0.25, 0.3) is 0 Å². The van der Waals surface area contributed by atoms with Crippen LogP contribution in [-0.4, -0.2) is 19.1 Å². The highest BCUT2D eigenvalue weighted by molar-refractivity contribution is 5.80. The van der Waals surface area contributed by atoms with E-state index in [1.165, 1.54) is 19.3 Å². The van der Waals surface area contributed by atoms with Gasteiger partial charge in [0.1, 0.15) is 0 Å². The van der Waals surface area contributed by atoms with Crippen LogP contribution in [0, 0.1) is 11.3 Å². The minimum Gasteiger partial charge on any atom is -0.465 e. The maximum atomic E-state index is 11.5. The third-order valence-corrected chi connectivity index (χ3v) is 3.66. The topological polar surface area (TPSA) is 52.3 Å². The predicted molar refractivity (Wildman–Crippen MR) is 53.6 cm³/mol. The van der Waals surface area contributed by atoms with Crippen LogP contribution in [0.2, 0.25) is 0 Å². The molecule has 0 bridgehead atoms. The molecule has 2 fully saturated rings. The summed E-state index contributed by atoms with van der Waals surface area (Å²) in [7, 11) is 0. The van der Waals surface area contributed by atoms with Crippen LogP contribution in [0.15, 0.2) is 0 Å². The minimum absolute atomic E-state index is 0.0562. The number of carbonyl (C=O) groups is 1. The fourth-order valence-electron chi connectivity index (χ4n) is 1.90. The molecule has 2 N–H and O–H groups in total. The molecule has 0 spiro atoms. The highest BCUT2D eigenvalue weighted by atomic mass is 16.5. The molecule has 0 radical (unpaired) electrons. The van der Waals surface area contributed by atoms with Crippen molar-refractivity contribution >= 4 is 5.97 Å². The summed E-state index contributed by atoms with van der Waals surface area (Å²) in [5.41, 5.74) is 5.26. The molecular formula is C11H19NO2. The molecule has 0 aromatic carbocycles. The van der Waals surface area contributed by atoms with Gasteiger partial charge in [0.2, 0.25) is 0 Å². The van der Waals surface area contributed by atoms with Crippen molar-refractivity contribution in [3.05, 3.63) is 0 Å². The third kappa shape index (κ3) is 1.92. The summed E-state index contributed by atoms with van der Waals surface area (Å²) in [6, 6.07) is 0. The molecule has 0 saturated heterocycles. The van der Waals surface area contributed by atoms with Crippen LogP contribution in [-0.2, 0) is 9.53 Å². The van der Waals surface area contributed by atoms with E-state index >= 15 is 0 Å². The number of nitrogens with two attached hydrogens (primary N) is 1. The molecule has 2 aliphatic carbocycles. The van der Waals surface area contributed by atoms with E-state index in [4.69, 9.17) is 10.5 Å². The largest absolute Gasteiger partial charge is 0.465 e. The lowest BCUT2D eigenvalue weighted by Gasteiger charge is -2.25. The van der Waals surface area contributed by atoms with Crippen molar-refractivity contribution in [2.45, 2.75) is 38.5 Å². The Kier molecular flexibility index (Phi) is 2.77. The molecule has 0 unspecified atom stereocenters. The molecule has 2 rings (SSSR count). The van der Waals surface area contributed by atoms with Crippen LogP contribution >= 0.6 is 0 Å². The fourth-order valence-corrected chi connectivity index (χ4v) is 1.90. The second-order valence-corrected chi connectivity index (χ2v) is 4.71. The molecule has 14 heavy (non-hydrogen) atoms. The van der Waals surface area contributed by atoms with Crippen molar-refractivity contribution in [3.8, 4) is 0 Å².